The van der Waals surface area contributed by atoms with E-state index >= 15 is 0 Å². The summed E-state index contributed by atoms with van der Waals surface area (Å²) in [5.74, 6) is -0.654. The fourth-order valence-corrected chi connectivity index (χ4v) is 3.41. The molecule has 1 atom stereocenters. The number of hydrogen-bond donors (Lipinski definition) is 2. The lowest BCUT2D eigenvalue weighted by Gasteiger charge is -2.23. The van der Waals surface area contributed by atoms with Gasteiger partial charge in [-0.3, -0.25) is 4.98 Å². The molecule has 0 saturated carbocycles. The number of methoxy groups -OCH3 is 2. The first-order valence-corrected chi connectivity index (χ1v) is 10.9. The number of rotatable bonds is 7. The summed E-state index contributed by atoms with van der Waals surface area (Å²) in [6.45, 7) is 5.20. The second kappa shape index (κ2) is 10.8. The number of para-hydroxylation sites is 1. The van der Waals surface area contributed by atoms with E-state index in [2.05, 4.69) is 20.6 Å². The number of benzene rings is 1. The summed E-state index contributed by atoms with van der Waals surface area (Å²) in [7, 11) is 2.56. The molecule has 184 valence electrons. The molecule has 1 aromatic carbocycles. The number of nitrogens with zero attached hydrogens (tertiary/aromatic N) is 2. The molecule has 2 heterocycles. The van der Waals surface area contributed by atoms with Crippen molar-refractivity contribution in [2.75, 3.05) is 19.5 Å². The quantitative estimate of drug-likeness (QED) is 0.383. The fourth-order valence-electron chi connectivity index (χ4n) is 3.41. The first-order chi connectivity index (χ1) is 16.6. The van der Waals surface area contributed by atoms with Crippen LogP contribution in [-0.4, -0.2) is 53.9 Å². The molecular weight excluding hydrogens is 452 g/mol. The maximum Gasteiger partial charge on any atom is 0.408 e. The Kier molecular flexibility index (Phi) is 7.85. The van der Waals surface area contributed by atoms with Gasteiger partial charge in [0, 0.05) is 41.5 Å². The summed E-state index contributed by atoms with van der Waals surface area (Å²) in [6, 6.07) is 8.00. The predicted molar refractivity (Wildman–Crippen MR) is 129 cm³/mol. The lowest BCUT2D eigenvalue weighted by Crippen LogP contribution is -2.45. The van der Waals surface area contributed by atoms with E-state index in [9.17, 15) is 14.4 Å². The molecule has 10 heteroatoms. The van der Waals surface area contributed by atoms with Crippen molar-refractivity contribution in [1.29, 1.82) is 0 Å². The van der Waals surface area contributed by atoms with Crippen molar-refractivity contribution in [2.24, 2.45) is 0 Å². The highest BCUT2D eigenvalue weighted by atomic mass is 16.6. The van der Waals surface area contributed by atoms with Crippen LogP contribution >= 0.6 is 0 Å². The van der Waals surface area contributed by atoms with Gasteiger partial charge < -0.3 is 24.8 Å². The highest BCUT2D eigenvalue weighted by Gasteiger charge is 2.26. The van der Waals surface area contributed by atoms with Crippen LogP contribution in [0.25, 0.3) is 10.8 Å². The van der Waals surface area contributed by atoms with Crippen LogP contribution in [0.15, 0.2) is 48.9 Å². The fraction of sp³-hybridized carbons (Fsp3) is 0.320. The van der Waals surface area contributed by atoms with Gasteiger partial charge in [-0.05, 0) is 38.5 Å². The Balaban J connectivity index is 1.92. The van der Waals surface area contributed by atoms with Crippen molar-refractivity contribution in [3.8, 4) is 0 Å². The predicted octanol–water partition coefficient (Wildman–Crippen LogP) is 3.77. The zero-order valence-corrected chi connectivity index (χ0v) is 20.2. The van der Waals surface area contributed by atoms with Gasteiger partial charge in [0.25, 0.3) is 0 Å². The zero-order valence-electron chi connectivity index (χ0n) is 20.2. The average molecular weight is 481 g/mol. The van der Waals surface area contributed by atoms with Crippen LogP contribution in [0, 0.1) is 0 Å². The van der Waals surface area contributed by atoms with Gasteiger partial charge in [0.15, 0.2) is 0 Å². The minimum Gasteiger partial charge on any atom is -0.467 e. The summed E-state index contributed by atoms with van der Waals surface area (Å²) >= 11 is 0. The second-order valence-corrected chi connectivity index (χ2v) is 8.64. The Hall–Kier alpha value is -4.21. The summed E-state index contributed by atoms with van der Waals surface area (Å²) in [5.41, 5.74) is 0.961. The smallest absolute Gasteiger partial charge is 0.408 e. The highest BCUT2D eigenvalue weighted by Crippen LogP contribution is 2.28. The average Bonchev–Trinajstić information content (AvgIpc) is 2.82. The van der Waals surface area contributed by atoms with Crippen LogP contribution < -0.4 is 10.6 Å². The molecule has 3 rings (SSSR count). The Morgan fingerprint density at radius 2 is 1.74 bits per heavy atom. The van der Waals surface area contributed by atoms with Gasteiger partial charge in [0.05, 0.1) is 19.8 Å². The second-order valence-electron chi connectivity index (χ2n) is 8.64. The molecule has 2 aromatic heterocycles. The van der Waals surface area contributed by atoms with Crippen LogP contribution in [0.2, 0.25) is 0 Å². The van der Waals surface area contributed by atoms with E-state index in [-0.39, 0.29) is 6.42 Å². The van der Waals surface area contributed by atoms with E-state index in [1.165, 1.54) is 20.4 Å². The number of carbonyl (C=O) groups is 3. The third-order valence-electron chi connectivity index (χ3n) is 4.97. The van der Waals surface area contributed by atoms with Crippen LogP contribution in [0.1, 0.15) is 36.7 Å². The molecule has 10 nitrogen and oxygen atoms in total. The largest absolute Gasteiger partial charge is 0.467 e. The number of amides is 1. The molecule has 0 radical (unpaired) electrons. The van der Waals surface area contributed by atoms with Crippen molar-refractivity contribution >= 4 is 40.3 Å². The Bertz CT molecular complexity index is 1240. The molecule has 0 saturated heterocycles. The van der Waals surface area contributed by atoms with Crippen LogP contribution in [-0.2, 0) is 25.4 Å². The van der Waals surface area contributed by atoms with Crippen LogP contribution in [0.5, 0.6) is 0 Å². The third kappa shape index (κ3) is 6.44. The van der Waals surface area contributed by atoms with Crippen LogP contribution in [0.4, 0.5) is 16.3 Å². The van der Waals surface area contributed by atoms with Crippen molar-refractivity contribution in [3.63, 3.8) is 0 Å². The number of anilines is 2. The summed E-state index contributed by atoms with van der Waals surface area (Å²) < 4.78 is 15.0. The Labute approximate surface area is 203 Å². The monoisotopic (exact) mass is 480 g/mol. The molecule has 1 unspecified atom stereocenters. The number of fused-ring (bicyclic) bond motifs is 1. The molecule has 0 fully saturated rings. The van der Waals surface area contributed by atoms with E-state index in [1.54, 1.807) is 39.2 Å². The normalized spacial score (nSPS) is 11.9. The van der Waals surface area contributed by atoms with E-state index in [0.717, 1.165) is 5.56 Å². The Morgan fingerprint density at radius 1 is 1.00 bits per heavy atom. The number of pyridine rings is 2. The van der Waals surface area contributed by atoms with Gasteiger partial charge in [-0.15, -0.1) is 0 Å². The Morgan fingerprint density at radius 3 is 2.43 bits per heavy atom. The molecule has 0 aliphatic heterocycles. The van der Waals surface area contributed by atoms with Gasteiger partial charge >= 0.3 is 18.0 Å². The maximum absolute atomic E-state index is 12.4. The maximum atomic E-state index is 12.4. The molecule has 0 bridgehead atoms. The van der Waals surface area contributed by atoms with Gasteiger partial charge in [-0.2, -0.15) is 0 Å². The number of hydrogen-bond acceptors (Lipinski definition) is 9. The number of carbonyl (C=O) groups excluding carboxylic acids is 3. The van der Waals surface area contributed by atoms with Crippen molar-refractivity contribution < 1.29 is 28.6 Å². The molecule has 3 aromatic rings. The van der Waals surface area contributed by atoms with Crippen molar-refractivity contribution in [3.05, 3.63) is 60.0 Å². The van der Waals surface area contributed by atoms with Gasteiger partial charge in [0.1, 0.15) is 17.5 Å². The molecule has 35 heavy (non-hydrogen) atoms. The van der Waals surface area contributed by atoms with E-state index in [1.807, 2.05) is 24.3 Å². The first kappa shape index (κ1) is 25.4. The van der Waals surface area contributed by atoms with E-state index in [0.29, 0.717) is 27.8 Å². The number of aromatic nitrogens is 2. The highest BCUT2D eigenvalue weighted by molar-refractivity contribution is 6.07. The van der Waals surface area contributed by atoms with Crippen LogP contribution in [0.3, 0.4) is 0 Å². The lowest BCUT2D eigenvalue weighted by atomic mass is 10.0. The van der Waals surface area contributed by atoms with E-state index < -0.39 is 29.7 Å². The molecule has 0 aliphatic carbocycles. The van der Waals surface area contributed by atoms with Gasteiger partial charge in [-0.25, -0.2) is 19.4 Å². The standard InChI is InChI=1S/C25H28N4O6/c1-25(2,3)35-24(32)29-20(23(31)34-5)12-15-8-6-7-9-19(15)28-21-17-13-26-11-10-16(17)18(14-27-21)22(30)33-4/h6-11,13-14,20H,12H2,1-5H3,(H,27,28)(H,29,32). The summed E-state index contributed by atoms with van der Waals surface area (Å²) in [6.07, 6.45) is 4.01. The molecule has 1 amide bonds. The summed E-state index contributed by atoms with van der Waals surface area (Å²) in [5, 5.41) is 7.07. The molecule has 0 aliphatic rings. The van der Waals surface area contributed by atoms with Gasteiger partial charge in [-0.1, -0.05) is 18.2 Å². The van der Waals surface area contributed by atoms with Crippen molar-refractivity contribution in [2.45, 2.75) is 38.8 Å². The number of esters is 2. The third-order valence-corrected chi connectivity index (χ3v) is 4.97. The minimum absolute atomic E-state index is 0.130. The van der Waals surface area contributed by atoms with E-state index in [4.69, 9.17) is 14.2 Å². The molecular formula is C25H28N4O6. The summed E-state index contributed by atoms with van der Waals surface area (Å²) in [4.78, 5) is 45.4. The first-order valence-electron chi connectivity index (χ1n) is 10.9. The number of nitrogens with one attached hydrogen (secondary N) is 2. The lowest BCUT2D eigenvalue weighted by molar-refractivity contribution is -0.143. The SMILES string of the molecule is COC(=O)c1cnc(Nc2ccccc2CC(NC(=O)OC(C)(C)C)C(=O)OC)c2cnccc12. The van der Waals surface area contributed by atoms with Gasteiger partial charge in [0.2, 0.25) is 0 Å². The van der Waals surface area contributed by atoms with Crippen molar-refractivity contribution in [1.82, 2.24) is 15.3 Å². The number of ether oxygens (including phenoxy) is 3. The minimum atomic E-state index is -0.981. The topological polar surface area (TPSA) is 129 Å². The number of alkyl carbamates (subject to hydrolysis) is 1. The molecule has 2 N–H and O–H groups in total. The zero-order chi connectivity index (χ0) is 25.6. The molecule has 0 spiro atoms.